The molecule has 3 aromatic rings. The monoisotopic (exact) mass is 444 g/mol. The van der Waals surface area contributed by atoms with Crippen molar-refractivity contribution in [3.8, 4) is 10.6 Å². The van der Waals surface area contributed by atoms with E-state index in [4.69, 9.17) is 0 Å². The number of aryl methyl sites for hydroxylation is 2. The van der Waals surface area contributed by atoms with Crippen LogP contribution in [0.15, 0.2) is 48.5 Å². The standard InChI is InChI=1S/C21H24N4O3S2/c1-5-16-8-12-18(13-9-16)25(30(4,27)28)15(3)19(26)22-21-24-23-20(29-21)17-10-6-14(2)7-11-17/h6-13,15H,5H2,1-4H3,(H,22,24,26)/t15-/m0/s1. The molecule has 0 unspecified atom stereocenters. The molecule has 30 heavy (non-hydrogen) atoms. The van der Waals surface area contributed by atoms with Gasteiger partial charge in [-0.1, -0.05) is 60.2 Å². The number of hydrogen-bond donors (Lipinski definition) is 1. The molecule has 1 aromatic heterocycles. The normalized spacial score (nSPS) is 12.4. The van der Waals surface area contributed by atoms with Crippen LogP contribution in [0.3, 0.4) is 0 Å². The molecule has 7 nitrogen and oxygen atoms in total. The lowest BCUT2D eigenvalue weighted by Gasteiger charge is -2.28. The number of amides is 1. The molecule has 1 heterocycles. The molecule has 1 N–H and O–H groups in total. The fourth-order valence-corrected chi connectivity index (χ4v) is 4.91. The van der Waals surface area contributed by atoms with E-state index in [0.717, 1.165) is 33.7 Å². The zero-order valence-electron chi connectivity index (χ0n) is 17.3. The van der Waals surface area contributed by atoms with E-state index in [9.17, 15) is 13.2 Å². The summed E-state index contributed by atoms with van der Waals surface area (Å²) in [5.74, 6) is -0.480. The number of aromatic nitrogens is 2. The van der Waals surface area contributed by atoms with Crippen molar-refractivity contribution in [1.29, 1.82) is 0 Å². The highest BCUT2D eigenvalue weighted by molar-refractivity contribution is 7.92. The predicted molar refractivity (Wildman–Crippen MR) is 121 cm³/mol. The largest absolute Gasteiger partial charge is 0.299 e. The summed E-state index contributed by atoms with van der Waals surface area (Å²) in [4.78, 5) is 12.8. The van der Waals surface area contributed by atoms with Crippen molar-refractivity contribution in [3.63, 3.8) is 0 Å². The molecule has 0 saturated carbocycles. The van der Waals surface area contributed by atoms with Crippen molar-refractivity contribution in [2.45, 2.75) is 33.2 Å². The van der Waals surface area contributed by atoms with Crippen LogP contribution in [0.2, 0.25) is 0 Å². The average molecular weight is 445 g/mol. The Hall–Kier alpha value is -2.78. The van der Waals surface area contributed by atoms with Crippen LogP contribution in [0.5, 0.6) is 0 Å². The van der Waals surface area contributed by atoms with Gasteiger partial charge in [-0.3, -0.25) is 14.4 Å². The second kappa shape index (κ2) is 8.93. The summed E-state index contributed by atoms with van der Waals surface area (Å²) in [7, 11) is -3.68. The fraction of sp³-hybridized carbons (Fsp3) is 0.286. The van der Waals surface area contributed by atoms with E-state index in [2.05, 4.69) is 15.5 Å². The summed E-state index contributed by atoms with van der Waals surface area (Å²) < 4.78 is 26.0. The van der Waals surface area contributed by atoms with E-state index < -0.39 is 22.0 Å². The predicted octanol–water partition coefficient (Wildman–Crippen LogP) is 3.87. The van der Waals surface area contributed by atoms with Gasteiger partial charge in [0.1, 0.15) is 11.0 Å². The third-order valence-corrected chi connectivity index (χ3v) is 6.77. The van der Waals surface area contributed by atoms with Crippen LogP contribution in [0.1, 0.15) is 25.0 Å². The zero-order chi connectivity index (χ0) is 21.9. The number of sulfonamides is 1. The minimum atomic E-state index is -3.68. The molecule has 2 aromatic carbocycles. The first-order valence-electron chi connectivity index (χ1n) is 9.48. The van der Waals surface area contributed by atoms with Gasteiger partial charge in [0.25, 0.3) is 0 Å². The summed E-state index contributed by atoms with van der Waals surface area (Å²) >= 11 is 1.24. The number of carbonyl (C=O) groups excluding carboxylic acids is 1. The molecule has 1 amide bonds. The lowest BCUT2D eigenvalue weighted by molar-refractivity contribution is -0.116. The van der Waals surface area contributed by atoms with Gasteiger partial charge >= 0.3 is 0 Å². The van der Waals surface area contributed by atoms with Gasteiger partial charge in [0, 0.05) is 5.56 Å². The van der Waals surface area contributed by atoms with Crippen molar-refractivity contribution in [3.05, 3.63) is 59.7 Å². The minimum Gasteiger partial charge on any atom is -0.299 e. The number of benzene rings is 2. The number of nitrogens with zero attached hydrogens (tertiary/aromatic N) is 3. The van der Waals surface area contributed by atoms with Gasteiger partial charge in [0.05, 0.1) is 11.9 Å². The Morgan fingerprint density at radius 1 is 1.10 bits per heavy atom. The third kappa shape index (κ3) is 5.03. The topological polar surface area (TPSA) is 92.3 Å². The maximum atomic E-state index is 12.8. The number of hydrogen-bond acceptors (Lipinski definition) is 6. The van der Waals surface area contributed by atoms with E-state index in [1.165, 1.54) is 11.3 Å². The summed E-state index contributed by atoms with van der Waals surface area (Å²) in [6.07, 6.45) is 1.93. The number of anilines is 2. The van der Waals surface area contributed by atoms with Crippen LogP contribution in [0, 0.1) is 6.92 Å². The lowest BCUT2D eigenvalue weighted by atomic mass is 10.1. The van der Waals surface area contributed by atoms with Gasteiger partial charge in [-0.2, -0.15) is 0 Å². The highest BCUT2D eigenvalue weighted by atomic mass is 32.2. The summed E-state index contributed by atoms with van der Waals surface area (Å²) in [6, 6.07) is 14.0. The smallest absolute Gasteiger partial charge is 0.249 e. The second-order valence-electron chi connectivity index (χ2n) is 7.02. The molecule has 0 aliphatic carbocycles. The Labute approximate surface area is 180 Å². The highest BCUT2D eigenvalue weighted by Gasteiger charge is 2.29. The van der Waals surface area contributed by atoms with Crippen LogP contribution in [0.25, 0.3) is 10.6 Å². The summed E-state index contributed by atoms with van der Waals surface area (Å²) in [5, 5.41) is 11.8. The van der Waals surface area contributed by atoms with Crippen LogP contribution in [0.4, 0.5) is 10.8 Å². The van der Waals surface area contributed by atoms with E-state index in [1.807, 2.05) is 50.2 Å². The van der Waals surface area contributed by atoms with E-state index in [0.29, 0.717) is 15.8 Å². The summed E-state index contributed by atoms with van der Waals surface area (Å²) in [5.41, 5.74) is 3.57. The van der Waals surface area contributed by atoms with Crippen LogP contribution in [-0.4, -0.2) is 36.8 Å². The SMILES string of the molecule is CCc1ccc(N([C@@H](C)C(=O)Nc2nnc(-c3ccc(C)cc3)s2)S(C)(=O)=O)cc1. The Morgan fingerprint density at radius 2 is 1.73 bits per heavy atom. The van der Waals surface area contributed by atoms with Crippen LogP contribution in [-0.2, 0) is 21.2 Å². The molecule has 0 bridgehead atoms. The second-order valence-corrected chi connectivity index (χ2v) is 9.86. The molecular weight excluding hydrogens is 420 g/mol. The maximum Gasteiger partial charge on any atom is 0.249 e. The first kappa shape index (κ1) is 21.9. The first-order valence-corrected chi connectivity index (χ1v) is 12.1. The fourth-order valence-electron chi connectivity index (χ4n) is 2.98. The first-order chi connectivity index (χ1) is 14.2. The maximum absolute atomic E-state index is 12.8. The molecule has 1 atom stereocenters. The quantitative estimate of drug-likeness (QED) is 0.597. The van der Waals surface area contributed by atoms with Gasteiger partial charge in [-0.25, -0.2) is 8.42 Å². The van der Waals surface area contributed by atoms with E-state index in [1.54, 1.807) is 19.1 Å². The molecule has 3 rings (SSSR count). The van der Waals surface area contributed by atoms with Crippen molar-refractivity contribution in [2.75, 3.05) is 15.9 Å². The van der Waals surface area contributed by atoms with Crippen LogP contribution >= 0.6 is 11.3 Å². The van der Waals surface area contributed by atoms with Crippen molar-refractivity contribution < 1.29 is 13.2 Å². The number of rotatable bonds is 7. The molecule has 0 spiro atoms. The average Bonchev–Trinajstić information content (AvgIpc) is 3.16. The Bertz CT molecular complexity index is 1120. The van der Waals surface area contributed by atoms with Gasteiger partial charge in [-0.05, 0) is 38.0 Å². The lowest BCUT2D eigenvalue weighted by Crippen LogP contribution is -2.45. The number of nitrogens with one attached hydrogen (secondary N) is 1. The van der Waals surface area contributed by atoms with Gasteiger partial charge in [-0.15, -0.1) is 10.2 Å². The molecule has 0 radical (unpaired) electrons. The molecule has 0 aliphatic rings. The van der Waals surface area contributed by atoms with E-state index in [-0.39, 0.29) is 0 Å². The van der Waals surface area contributed by atoms with Crippen LogP contribution < -0.4 is 9.62 Å². The minimum absolute atomic E-state index is 0.317. The molecule has 9 heteroatoms. The Balaban J connectivity index is 1.79. The van der Waals surface area contributed by atoms with Gasteiger partial charge < -0.3 is 0 Å². The third-order valence-electron chi connectivity index (χ3n) is 4.64. The molecule has 0 fully saturated rings. The molecule has 0 aliphatic heterocycles. The Morgan fingerprint density at radius 3 is 2.30 bits per heavy atom. The zero-order valence-corrected chi connectivity index (χ0v) is 18.9. The Kier molecular flexibility index (Phi) is 6.52. The number of carbonyl (C=O) groups is 1. The van der Waals surface area contributed by atoms with Crippen molar-refractivity contribution >= 4 is 38.1 Å². The molecular formula is C21H24N4O3S2. The highest BCUT2D eigenvalue weighted by Crippen LogP contribution is 2.27. The van der Waals surface area contributed by atoms with Gasteiger partial charge in [0.2, 0.25) is 21.1 Å². The molecule has 0 saturated heterocycles. The molecule has 158 valence electrons. The van der Waals surface area contributed by atoms with Gasteiger partial charge in [0.15, 0.2) is 0 Å². The van der Waals surface area contributed by atoms with Crippen molar-refractivity contribution in [2.24, 2.45) is 0 Å². The van der Waals surface area contributed by atoms with E-state index >= 15 is 0 Å². The van der Waals surface area contributed by atoms with Crippen molar-refractivity contribution in [1.82, 2.24) is 10.2 Å². The summed E-state index contributed by atoms with van der Waals surface area (Å²) in [6.45, 7) is 5.57.